The summed E-state index contributed by atoms with van der Waals surface area (Å²) in [6.07, 6.45) is 0. The number of carbonyl (C=O) groups is 1. The summed E-state index contributed by atoms with van der Waals surface area (Å²) in [7, 11) is 0. The highest BCUT2D eigenvalue weighted by atomic mass is 16.5. The minimum Gasteiger partial charge on any atom is -0.378 e. The summed E-state index contributed by atoms with van der Waals surface area (Å²) in [4.78, 5) is 11.3. The van der Waals surface area contributed by atoms with Crippen molar-refractivity contribution in [3.63, 3.8) is 0 Å². The molecule has 0 aromatic carbocycles. The summed E-state index contributed by atoms with van der Waals surface area (Å²) in [5.41, 5.74) is 0. The number of nitrogens with one attached hydrogen (secondary N) is 1. The van der Waals surface area contributed by atoms with Gasteiger partial charge >= 0.3 is 0 Å². The summed E-state index contributed by atoms with van der Waals surface area (Å²) in [6.45, 7) is 3.64. The van der Waals surface area contributed by atoms with E-state index >= 15 is 0 Å². The van der Waals surface area contributed by atoms with Crippen LogP contribution in [0.2, 0.25) is 0 Å². The number of hydrogen-bond donors (Lipinski definition) is 2. The molecule has 1 aliphatic rings. The minimum absolute atomic E-state index is 0.303. The molecular formula is C7H14N2O3. The molecule has 1 amide bonds. The van der Waals surface area contributed by atoms with Crippen LogP contribution in [-0.2, 0) is 9.53 Å². The van der Waals surface area contributed by atoms with E-state index in [2.05, 4.69) is 5.32 Å². The molecule has 1 atom stereocenters. The maximum Gasteiger partial charge on any atom is 0.265 e. The highest BCUT2D eigenvalue weighted by molar-refractivity contribution is 5.81. The van der Waals surface area contributed by atoms with Crippen molar-refractivity contribution in [3.05, 3.63) is 0 Å². The van der Waals surface area contributed by atoms with Crippen molar-refractivity contribution in [1.29, 1.82) is 0 Å². The summed E-state index contributed by atoms with van der Waals surface area (Å²) in [5.74, 6) is -0.322. The van der Waals surface area contributed by atoms with E-state index in [1.165, 1.54) is 0 Å². The van der Waals surface area contributed by atoms with Crippen molar-refractivity contribution in [2.24, 2.45) is 0 Å². The molecule has 1 heterocycles. The Morgan fingerprint density at radius 2 is 2.58 bits per heavy atom. The van der Waals surface area contributed by atoms with Crippen molar-refractivity contribution in [2.45, 2.75) is 13.0 Å². The van der Waals surface area contributed by atoms with Crippen LogP contribution in [0.25, 0.3) is 0 Å². The van der Waals surface area contributed by atoms with E-state index in [0.717, 1.165) is 0 Å². The number of carbonyl (C=O) groups excluding carboxylic acids is 1. The van der Waals surface area contributed by atoms with Crippen LogP contribution in [0.5, 0.6) is 0 Å². The van der Waals surface area contributed by atoms with Gasteiger partial charge in [-0.3, -0.25) is 10.0 Å². The SMILES string of the molecule is CCN(O)C(=O)C1COCCN1. The molecule has 1 rings (SSSR count). The molecule has 2 N–H and O–H groups in total. The largest absolute Gasteiger partial charge is 0.378 e. The molecule has 70 valence electrons. The zero-order valence-electron chi connectivity index (χ0n) is 7.12. The van der Waals surface area contributed by atoms with Gasteiger partial charge in [0.05, 0.1) is 13.2 Å². The van der Waals surface area contributed by atoms with Crippen molar-refractivity contribution in [1.82, 2.24) is 10.4 Å². The molecule has 1 fully saturated rings. The normalized spacial score (nSPS) is 23.7. The second kappa shape index (κ2) is 4.39. The van der Waals surface area contributed by atoms with Crippen LogP contribution in [0.4, 0.5) is 0 Å². The lowest BCUT2D eigenvalue weighted by atomic mass is 10.2. The number of rotatable bonds is 2. The van der Waals surface area contributed by atoms with Gasteiger partial charge in [-0.25, -0.2) is 5.06 Å². The van der Waals surface area contributed by atoms with Crippen molar-refractivity contribution < 1.29 is 14.7 Å². The molecule has 0 aromatic rings. The van der Waals surface area contributed by atoms with E-state index in [1.807, 2.05) is 0 Å². The smallest absolute Gasteiger partial charge is 0.265 e. The van der Waals surface area contributed by atoms with Gasteiger partial charge in [-0.15, -0.1) is 0 Å². The summed E-state index contributed by atoms with van der Waals surface area (Å²) in [6, 6.07) is -0.385. The Kier molecular flexibility index (Phi) is 3.46. The molecule has 0 radical (unpaired) electrons. The van der Waals surface area contributed by atoms with Gasteiger partial charge in [0.15, 0.2) is 0 Å². The predicted molar refractivity (Wildman–Crippen MR) is 41.8 cm³/mol. The highest BCUT2D eigenvalue weighted by Gasteiger charge is 2.24. The van der Waals surface area contributed by atoms with E-state index in [-0.39, 0.29) is 11.9 Å². The van der Waals surface area contributed by atoms with Crippen molar-refractivity contribution >= 4 is 5.91 Å². The molecule has 1 unspecified atom stereocenters. The molecule has 0 saturated carbocycles. The van der Waals surface area contributed by atoms with Crippen LogP contribution in [-0.4, -0.2) is 48.5 Å². The van der Waals surface area contributed by atoms with Crippen LogP contribution in [0.15, 0.2) is 0 Å². The first-order chi connectivity index (χ1) is 5.75. The van der Waals surface area contributed by atoms with Crippen molar-refractivity contribution in [3.8, 4) is 0 Å². The summed E-state index contributed by atoms with van der Waals surface area (Å²) >= 11 is 0. The predicted octanol–water partition coefficient (Wildman–Crippen LogP) is -0.787. The van der Waals surface area contributed by atoms with E-state index < -0.39 is 0 Å². The second-order valence-electron chi connectivity index (χ2n) is 2.64. The Hall–Kier alpha value is -0.650. The third-order valence-electron chi connectivity index (χ3n) is 1.77. The average molecular weight is 174 g/mol. The fourth-order valence-electron chi connectivity index (χ4n) is 1.06. The zero-order chi connectivity index (χ0) is 8.97. The van der Waals surface area contributed by atoms with E-state index in [0.29, 0.717) is 31.4 Å². The first kappa shape index (κ1) is 9.44. The molecule has 12 heavy (non-hydrogen) atoms. The molecular weight excluding hydrogens is 160 g/mol. The van der Waals surface area contributed by atoms with Gasteiger partial charge in [0.25, 0.3) is 5.91 Å². The lowest BCUT2D eigenvalue weighted by Gasteiger charge is -2.25. The number of nitrogens with zero attached hydrogens (tertiary/aromatic N) is 1. The highest BCUT2D eigenvalue weighted by Crippen LogP contribution is 1.97. The Morgan fingerprint density at radius 3 is 3.08 bits per heavy atom. The molecule has 0 bridgehead atoms. The number of amides is 1. The molecule has 0 aliphatic carbocycles. The fourth-order valence-corrected chi connectivity index (χ4v) is 1.06. The zero-order valence-corrected chi connectivity index (χ0v) is 7.12. The van der Waals surface area contributed by atoms with Gasteiger partial charge in [-0.2, -0.15) is 0 Å². The van der Waals surface area contributed by atoms with Gasteiger partial charge in [0.1, 0.15) is 6.04 Å². The van der Waals surface area contributed by atoms with Gasteiger partial charge in [0, 0.05) is 13.1 Å². The molecule has 1 aliphatic heterocycles. The topological polar surface area (TPSA) is 61.8 Å². The first-order valence-corrected chi connectivity index (χ1v) is 4.07. The number of hydrogen-bond acceptors (Lipinski definition) is 4. The lowest BCUT2D eigenvalue weighted by molar-refractivity contribution is -0.169. The molecule has 5 heteroatoms. The van der Waals surface area contributed by atoms with Crippen LogP contribution >= 0.6 is 0 Å². The second-order valence-corrected chi connectivity index (χ2v) is 2.64. The Morgan fingerprint density at radius 1 is 1.83 bits per heavy atom. The number of likely N-dealkylation sites (N-methyl/N-ethyl adjacent to an activating group) is 1. The quantitative estimate of drug-likeness (QED) is 0.425. The summed E-state index contributed by atoms with van der Waals surface area (Å²) in [5, 5.41) is 12.7. The first-order valence-electron chi connectivity index (χ1n) is 4.07. The lowest BCUT2D eigenvalue weighted by Crippen LogP contribution is -2.51. The number of morpholine rings is 1. The minimum atomic E-state index is -0.385. The van der Waals surface area contributed by atoms with Crippen LogP contribution in [0, 0.1) is 0 Å². The van der Waals surface area contributed by atoms with E-state index in [9.17, 15) is 4.79 Å². The Bertz CT molecular complexity index is 157. The maximum absolute atomic E-state index is 11.3. The Balaban J connectivity index is 2.39. The van der Waals surface area contributed by atoms with Gasteiger partial charge in [-0.05, 0) is 6.92 Å². The molecule has 0 spiro atoms. The van der Waals surface area contributed by atoms with E-state index in [4.69, 9.17) is 9.94 Å². The molecule has 1 saturated heterocycles. The van der Waals surface area contributed by atoms with Crippen LogP contribution in [0.1, 0.15) is 6.92 Å². The standard InChI is InChI=1S/C7H14N2O3/c1-2-9(11)7(10)6-5-12-4-3-8-6/h6,8,11H,2-5H2,1H3. The number of ether oxygens (including phenoxy) is 1. The third-order valence-corrected chi connectivity index (χ3v) is 1.77. The van der Waals surface area contributed by atoms with Gasteiger partial charge in [-0.1, -0.05) is 0 Å². The van der Waals surface area contributed by atoms with Gasteiger partial charge in [0.2, 0.25) is 0 Å². The average Bonchev–Trinajstić information content (AvgIpc) is 2.17. The number of hydroxylamine groups is 2. The Labute approximate surface area is 71.3 Å². The third kappa shape index (κ3) is 2.17. The van der Waals surface area contributed by atoms with Crippen LogP contribution < -0.4 is 5.32 Å². The summed E-state index contributed by atoms with van der Waals surface area (Å²) < 4.78 is 5.08. The fraction of sp³-hybridized carbons (Fsp3) is 0.857. The molecule has 0 aromatic heterocycles. The maximum atomic E-state index is 11.3. The van der Waals surface area contributed by atoms with Crippen LogP contribution in [0.3, 0.4) is 0 Å². The van der Waals surface area contributed by atoms with Gasteiger partial charge < -0.3 is 10.1 Å². The van der Waals surface area contributed by atoms with E-state index in [1.54, 1.807) is 6.92 Å². The molecule has 5 nitrogen and oxygen atoms in total. The monoisotopic (exact) mass is 174 g/mol. The van der Waals surface area contributed by atoms with Crippen molar-refractivity contribution in [2.75, 3.05) is 26.3 Å².